The van der Waals surface area contributed by atoms with Crippen LogP contribution in [0.3, 0.4) is 0 Å². The molecule has 0 saturated heterocycles. The van der Waals surface area contributed by atoms with Crippen LogP contribution in [0.4, 0.5) is 14.5 Å². The predicted octanol–water partition coefficient (Wildman–Crippen LogP) is 3.39. The highest BCUT2D eigenvalue weighted by Gasteiger charge is 2.13. The number of esters is 1. The Balaban J connectivity index is 1.85. The van der Waals surface area contributed by atoms with Gasteiger partial charge in [-0.1, -0.05) is 0 Å². The van der Waals surface area contributed by atoms with E-state index in [1.165, 1.54) is 19.1 Å². The molecule has 3 rings (SSSR count). The molecule has 0 bridgehead atoms. The standard InChI is InChI=1S/C19H13F2NO5/c1-10(23)22-13-3-4-14-12(7-18(24)27-17(14)8-13)9-26-19(25)11-2-5-15(20)16(21)6-11/h2-8H,9H2,1H3,(H,22,23). The summed E-state index contributed by atoms with van der Waals surface area (Å²) < 4.78 is 36.4. The van der Waals surface area contributed by atoms with E-state index in [4.69, 9.17) is 9.15 Å². The third-order valence-electron chi connectivity index (χ3n) is 3.66. The van der Waals surface area contributed by atoms with Gasteiger partial charge in [-0.2, -0.15) is 0 Å². The van der Waals surface area contributed by atoms with Crippen LogP contribution in [0.5, 0.6) is 0 Å². The number of benzene rings is 2. The van der Waals surface area contributed by atoms with Crippen molar-refractivity contribution in [3.05, 3.63) is 75.6 Å². The lowest BCUT2D eigenvalue weighted by atomic mass is 10.1. The highest BCUT2D eigenvalue weighted by molar-refractivity contribution is 5.92. The normalized spacial score (nSPS) is 10.6. The van der Waals surface area contributed by atoms with Crippen molar-refractivity contribution >= 4 is 28.5 Å². The summed E-state index contributed by atoms with van der Waals surface area (Å²) in [7, 11) is 0. The van der Waals surface area contributed by atoms with Crippen LogP contribution in [-0.4, -0.2) is 11.9 Å². The number of carbonyl (C=O) groups excluding carboxylic acids is 2. The molecule has 0 atom stereocenters. The molecule has 0 fully saturated rings. The molecule has 0 aliphatic heterocycles. The van der Waals surface area contributed by atoms with Crippen LogP contribution in [0.25, 0.3) is 11.0 Å². The Kier molecular flexibility index (Phi) is 4.98. The molecule has 8 heteroatoms. The van der Waals surface area contributed by atoms with Gasteiger partial charge in [0, 0.05) is 35.7 Å². The number of hydrogen-bond donors (Lipinski definition) is 1. The topological polar surface area (TPSA) is 85.6 Å². The van der Waals surface area contributed by atoms with E-state index in [1.807, 2.05) is 0 Å². The third kappa shape index (κ3) is 4.17. The van der Waals surface area contributed by atoms with Crippen molar-refractivity contribution in [3.8, 4) is 0 Å². The van der Waals surface area contributed by atoms with E-state index in [9.17, 15) is 23.2 Å². The van der Waals surface area contributed by atoms with Gasteiger partial charge in [0.25, 0.3) is 0 Å². The lowest BCUT2D eigenvalue weighted by Gasteiger charge is -2.09. The first-order valence-corrected chi connectivity index (χ1v) is 7.80. The van der Waals surface area contributed by atoms with Crippen molar-refractivity contribution in [1.82, 2.24) is 0 Å². The molecule has 1 amide bonds. The molecule has 0 saturated carbocycles. The number of halogens is 2. The van der Waals surface area contributed by atoms with Gasteiger partial charge in [0.1, 0.15) is 12.2 Å². The number of amides is 1. The van der Waals surface area contributed by atoms with Gasteiger partial charge >= 0.3 is 11.6 Å². The lowest BCUT2D eigenvalue weighted by Crippen LogP contribution is -2.09. The summed E-state index contributed by atoms with van der Waals surface area (Å²) in [6.07, 6.45) is 0. The maximum absolute atomic E-state index is 13.2. The predicted molar refractivity (Wildman–Crippen MR) is 92.3 cm³/mol. The van der Waals surface area contributed by atoms with Crippen molar-refractivity contribution in [2.45, 2.75) is 13.5 Å². The first-order chi connectivity index (χ1) is 12.8. The minimum atomic E-state index is -1.17. The van der Waals surface area contributed by atoms with Gasteiger partial charge in [-0.15, -0.1) is 0 Å². The molecule has 0 aliphatic rings. The number of carbonyl (C=O) groups is 2. The molecule has 0 radical (unpaired) electrons. The molecule has 0 spiro atoms. The maximum atomic E-state index is 13.2. The largest absolute Gasteiger partial charge is 0.457 e. The van der Waals surface area contributed by atoms with E-state index in [0.717, 1.165) is 18.2 Å². The molecule has 1 N–H and O–H groups in total. The van der Waals surface area contributed by atoms with Gasteiger partial charge < -0.3 is 14.5 Å². The minimum absolute atomic E-state index is 0.158. The summed E-state index contributed by atoms with van der Waals surface area (Å²) in [5, 5.41) is 3.07. The fraction of sp³-hybridized carbons (Fsp3) is 0.105. The van der Waals surface area contributed by atoms with E-state index >= 15 is 0 Å². The first kappa shape index (κ1) is 18.2. The van der Waals surface area contributed by atoms with Crippen LogP contribution in [0.15, 0.2) is 51.7 Å². The molecule has 3 aromatic rings. The summed E-state index contributed by atoms with van der Waals surface area (Å²) in [4.78, 5) is 34.9. The molecule has 138 valence electrons. The highest BCUT2D eigenvalue weighted by atomic mass is 19.2. The zero-order valence-electron chi connectivity index (χ0n) is 14.0. The lowest BCUT2D eigenvalue weighted by molar-refractivity contribution is -0.114. The number of ether oxygens (including phenoxy) is 1. The van der Waals surface area contributed by atoms with E-state index < -0.39 is 23.2 Å². The molecular formula is C19H13F2NO5. The smallest absolute Gasteiger partial charge is 0.338 e. The van der Waals surface area contributed by atoms with E-state index in [2.05, 4.69) is 5.32 Å². The molecular weight excluding hydrogens is 360 g/mol. The molecule has 1 heterocycles. The van der Waals surface area contributed by atoms with Crippen LogP contribution >= 0.6 is 0 Å². The van der Waals surface area contributed by atoms with Crippen LogP contribution in [-0.2, 0) is 16.1 Å². The van der Waals surface area contributed by atoms with Gasteiger partial charge in [-0.05, 0) is 30.3 Å². The van der Waals surface area contributed by atoms with Crippen LogP contribution in [0.1, 0.15) is 22.8 Å². The molecule has 6 nitrogen and oxygen atoms in total. The Bertz CT molecular complexity index is 1110. The van der Waals surface area contributed by atoms with Gasteiger partial charge in [-0.25, -0.2) is 18.4 Å². The summed E-state index contributed by atoms with van der Waals surface area (Å²) in [6, 6.07) is 8.49. The Morgan fingerprint density at radius 1 is 1.07 bits per heavy atom. The zero-order valence-corrected chi connectivity index (χ0v) is 14.0. The van der Waals surface area contributed by atoms with Crippen LogP contribution < -0.4 is 10.9 Å². The van der Waals surface area contributed by atoms with Crippen molar-refractivity contribution in [2.75, 3.05) is 5.32 Å². The minimum Gasteiger partial charge on any atom is -0.457 e. The van der Waals surface area contributed by atoms with Gasteiger partial charge in [0.2, 0.25) is 5.91 Å². The summed E-state index contributed by atoms with van der Waals surface area (Å²) >= 11 is 0. The van der Waals surface area contributed by atoms with E-state index in [0.29, 0.717) is 16.6 Å². The van der Waals surface area contributed by atoms with Crippen molar-refractivity contribution in [1.29, 1.82) is 0 Å². The quantitative estimate of drug-likeness (QED) is 0.560. The Morgan fingerprint density at radius 3 is 2.56 bits per heavy atom. The molecule has 2 aromatic carbocycles. The van der Waals surface area contributed by atoms with Gasteiger partial charge in [-0.3, -0.25) is 4.79 Å². The number of hydrogen-bond acceptors (Lipinski definition) is 5. The van der Waals surface area contributed by atoms with E-state index in [1.54, 1.807) is 12.1 Å². The number of rotatable bonds is 4. The zero-order chi connectivity index (χ0) is 19.6. The monoisotopic (exact) mass is 373 g/mol. The van der Waals surface area contributed by atoms with Gasteiger partial charge in [0.05, 0.1) is 5.56 Å². The summed E-state index contributed by atoms with van der Waals surface area (Å²) in [5.74, 6) is -3.40. The second-order valence-electron chi connectivity index (χ2n) is 5.69. The van der Waals surface area contributed by atoms with Crippen LogP contribution in [0.2, 0.25) is 0 Å². The number of anilines is 1. The van der Waals surface area contributed by atoms with Crippen molar-refractivity contribution in [3.63, 3.8) is 0 Å². The van der Waals surface area contributed by atoms with E-state index in [-0.39, 0.29) is 23.7 Å². The average molecular weight is 373 g/mol. The van der Waals surface area contributed by atoms with Crippen LogP contribution in [0, 0.1) is 11.6 Å². The molecule has 0 unspecified atom stereocenters. The Labute approximate surface area is 151 Å². The Morgan fingerprint density at radius 2 is 1.85 bits per heavy atom. The maximum Gasteiger partial charge on any atom is 0.338 e. The van der Waals surface area contributed by atoms with Crippen molar-refractivity contribution in [2.24, 2.45) is 0 Å². The highest BCUT2D eigenvalue weighted by Crippen LogP contribution is 2.22. The number of fused-ring (bicyclic) bond motifs is 1. The SMILES string of the molecule is CC(=O)Nc1ccc2c(COC(=O)c3ccc(F)c(F)c3)cc(=O)oc2c1. The molecule has 1 aromatic heterocycles. The second kappa shape index (κ2) is 7.36. The fourth-order valence-corrected chi connectivity index (χ4v) is 2.48. The Hall–Kier alpha value is -3.55. The molecule has 0 aliphatic carbocycles. The fourth-order valence-electron chi connectivity index (χ4n) is 2.48. The summed E-state index contributed by atoms with van der Waals surface area (Å²) in [6.45, 7) is 1.06. The third-order valence-corrected chi connectivity index (χ3v) is 3.66. The average Bonchev–Trinajstić information content (AvgIpc) is 2.60. The number of nitrogens with one attached hydrogen (secondary N) is 1. The summed E-state index contributed by atoms with van der Waals surface area (Å²) in [5.41, 5.74) is 0.184. The molecule has 27 heavy (non-hydrogen) atoms. The first-order valence-electron chi connectivity index (χ1n) is 7.80. The van der Waals surface area contributed by atoms with Crippen molar-refractivity contribution < 1.29 is 27.5 Å². The van der Waals surface area contributed by atoms with Gasteiger partial charge in [0.15, 0.2) is 11.6 Å². The second-order valence-corrected chi connectivity index (χ2v) is 5.69.